The van der Waals surface area contributed by atoms with Gasteiger partial charge in [0.1, 0.15) is 0 Å². The van der Waals surface area contributed by atoms with Gasteiger partial charge >= 0.3 is 11.9 Å². The normalized spacial score (nSPS) is 11.9. The molecule has 110 valence electrons. The molecule has 1 N–H and O–H groups in total. The molecule has 0 fully saturated rings. The summed E-state index contributed by atoms with van der Waals surface area (Å²) < 4.78 is 5.31. The standard InChI is InChI=1S/C16H22O4/c1-3-4-5-6-9-12(2)20-16(19)14-11-8-7-10-13(14)15(17)18/h7-8,10-12H,3-6,9H2,1-2H3,(H,17,18)/t12-/m1/s1. The summed E-state index contributed by atoms with van der Waals surface area (Å²) in [4.78, 5) is 23.0. The first-order valence-electron chi connectivity index (χ1n) is 7.09. The number of benzene rings is 1. The third-order valence-electron chi connectivity index (χ3n) is 3.15. The number of unbranched alkanes of at least 4 members (excludes halogenated alkanes) is 3. The van der Waals surface area contributed by atoms with E-state index in [0.29, 0.717) is 0 Å². The van der Waals surface area contributed by atoms with Crippen molar-refractivity contribution in [3.05, 3.63) is 35.4 Å². The van der Waals surface area contributed by atoms with Gasteiger partial charge in [-0.25, -0.2) is 9.59 Å². The van der Waals surface area contributed by atoms with Gasteiger partial charge in [-0.05, 0) is 31.9 Å². The Bertz CT molecular complexity index is 454. The number of aromatic carboxylic acids is 1. The van der Waals surface area contributed by atoms with E-state index in [-0.39, 0.29) is 17.2 Å². The number of hydrogen-bond acceptors (Lipinski definition) is 3. The summed E-state index contributed by atoms with van der Waals surface area (Å²) in [5, 5.41) is 9.04. The third kappa shape index (κ3) is 5.03. The molecular formula is C16H22O4. The van der Waals surface area contributed by atoms with Gasteiger partial charge in [-0.1, -0.05) is 38.3 Å². The minimum absolute atomic E-state index is 0.0179. The average molecular weight is 278 g/mol. The molecule has 0 spiro atoms. The third-order valence-corrected chi connectivity index (χ3v) is 3.15. The highest BCUT2D eigenvalue weighted by atomic mass is 16.5. The highest BCUT2D eigenvalue weighted by Gasteiger charge is 2.18. The Labute approximate surface area is 119 Å². The number of carbonyl (C=O) groups is 2. The van der Waals surface area contributed by atoms with Crippen molar-refractivity contribution in [3.8, 4) is 0 Å². The molecule has 0 unspecified atom stereocenters. The molecule has 20 heavy (non-hydrogen) atoms. The van der Waals surface area contributed by atoms with Crippen LogP contribution in [0.25, 0.3) is 0 Å². The molecule has 1 rings (SSSR count). The second-order valence-corrected chi connectivity index (χ2v) is 4.92. The number of carbonyl (C=O) groups excluding carboxylic acids is 1. The van der Waals surface area contributed by atoms with Crippen LogP contribution in [0.5, 0.6) is 0 Å². The molecule has 0 aliphatic carbocycles. The molecule has 0 heterocycles. The Morgan fingerprint density at radius 2 is 1.80 bits per heavy atom. The van der Waals surface area contributed by atoms with Crippen LogP contribution in [0.4, 0.5) is 0 Å². The summed E-state index contributed by atoms with van der Waals surface area (Å²) in [6.45, 7) is 3.99. The molecular weight excluding hydrogens is 256 g/mol. The van der Waals surface area contributed by atoms with E-state index < -0.39 is 11.9 Å². The summed E-state index contributed by atoms with van der Waals surface area (Å²) in [6, 6.07) is 6.11. The van der Waals surface area contributed by atoms with Crippen molar-refractivity contribution in [1.82, 2.24) is 0 Å². The maximum atomic E-state index is 12.0. The molecule has 0 aromatic heterocycles. The van der Waals surface area contributed by atoms with Crippen LogP contribution in [0.1, 0.15) is 66.7 Å². The van der Waals surface area contributed by atoms with Crippen LogP contribution < -0.4 is 0 Å². The molecule has 1 atom stereocenters. The molecule has 0 aliphatic heterocycles. The highest BCUT2D eigenvalue weighted by molar-refractivity contribution is 6.02. The maximum Gasteiger partial charge on any atom is 0.339 e. The van der Waals surface area contributed by atoms with Crippen LogP contribution in [0.15, 0.2) is 24.3 Å². The molecule has 0 saturated carbocycles. The van der Waals surface area contributed by atoms with Gasteiger partial charge in [0, 0.05) is 0 Å². The smallest absolute Gasteiger partial charge is 0.339 e. The SMILES string of the molecule is CCCCCC[C@@H](C)OC(=O)c1ccccc1C(=O)O. The van der Waals surface area contributed by atoms with E-state index in [1.54, 1.807) is 12.1 Å². The van der Waals surface area contributed by atoms with Crippen molar-refractivity contribution < 1.29 is 19.4 Å². The predicted octanol–water partition coefficient (Wildman–Crippen LogP) is 3.90. The van der Waals surface area contributed by atoms with Gasteiger partial charge in [0.05, 0.1) is 17.2 Å². The zero-order valence-electron chi connectivity index (χ0n) is 12.1. The highest BCUT2D eigenvalue weighted by Crippen LogP contribution is 2.14. The van der Waals surface area contributed by atoms with Gasteiger partial charge in [-0.15, -0.1) is 0 Å². The molecule has 4 heteroatoms. The van der Waals surface area contributed by atoms with E-state index in [0.717, 1.165) is 19.3 Å². The van der Waals surface area contributed by atoms with Crippen LogP contribution >= 0.6 is 0 Å². The molecule has 0 aliphatic rings. The van der Waals surface area contributed by atoms with Crippen LogP contribution in [-0.2, 0) is 4.74 Å². The number of hydrogen-bond donors (Lipinski definition) is 1. The van der Waals surface area contributed by atoms with Crippen LogP contribution in [-0.4, -0.2) is 23.1 Å². The van der Waals surface area contributed by atoms with Gasteiger partial charge < -0.3 is 9.84 Å². The number of rotatable bonds is 8. The monoisotopic (exact) mass is 278 g/mol. The fraction of sp³-hybridized carbons (Fsp3) is 0.500. The van der Waals surface area contributed by atoms with Crippen LogP contribution in [0.2, 0.25) is 0 Å². The Morgan fingerprint density at radius 3 is 2.40 bits per heavy atom. The van der Waals surface area contributed by atoms with Crippen molar-refractivity contribution in [3.63, 3.8) is 0 Å². The Balaban J connectivity index is 2.56. The predicted molar refractivity (Wildman–Crippen MR) is 77.0 cm³/mol. The first-order valence-corrected chi connectivity index (χ1v) is 7.09. The number of esters is 1. The Morgan fingerprint density at radius 1 is 1.15 bits per heavy atom. The maximum absolute atomic E-state index is 12.0. The fourth-order valence-corrected chi connectivity index (χ4v) is 2.01. The average Bonchev–Trinajstić information content (AvgIpc) is 2.43. The van der Waals surface area contributed by atoms with E-state index in [1.807, 2.05) is 6.92 Å². The minimum atomic E-state index is -1.12. The van der Waals surface area contributed by atoms with Gasteiger partial charge in [0.15, 0.2) is 0 Å². The quantitative estimate of drug-likeness (QED) is 0.578. The molecule has 4 nitrogen and oxygen atoms in total. The first-order chi connectivity index (χ1) is 9.56. The summed E-state index contributed by atoms with van der Waals surface area (Å²) in [6.07, 6.45) is 5.11. The summed E-state index contributed by atoms with van der Waals surface area (Å²) in [5.74, 6) is -1.68. The lowest BCUT2D eigenvalue weighted by molar-refractivity contribution is 0.0313. The van der Waals surface area contributed by atoms with Gasteiger partial charge in [-0.2, -0.15) is 0 Å². The molecule has 0 amide bonds. The molecule has 1 aromatic carbocycles. The summed E-state index contributed by atoms with van der Waals surface area (Å²) in [5.41, 5.74) is 0.0936. The van der Waals surface area contributed by atoms with Crippen molar-refractivity contribution >= 4 is 11.9 Å². The number of ether oxygens (including phenoxy) is 1. The molecule has 0 bridgehead atoms. The first kappa shape index (κ1) is 16.2. The molecule has 1 aromatic rings. The largest absolute Gasteiger partial charge is 0.478 e. The lowest BCUT2D eigenvalue weighted by Crippen LogP contribution is -2.17. The van der Waals surface area contributed by atoms with Gasteiger partial charge in [0.25, 0.3) is 0 Å². The van der Waals surface area contributed by atoms with E-state index in [1.165, 1.54) is 25.0 Å². The topological polar surface area (TPSA) is 63.6 Å². The second kappa shape index (κ2) is 8.35. The van der Waals surface area contributed by atoms with Crippen LogP contribution in [0.3, 0.4) is 0 Å². The van der Waals surface area contributed by atoms with Crippen molar-refractivity contribution in [1.29, 1.82) is 0 Å². The van der Waals surface area contributed by atoms with E-state index in [9.17, 15) is 9.59 Å². The lowest BCUT2D eigenvalue weighted by atomic mass is 10.1. The van der Waals surface area contributed by atoms with Crippen LogP contribution in [0, 0.1) is 0 Å². The van der Waals surface area contributed by atoms with Crippen molar-refractivity contribution in [2.75, 3.05) is 0 Å². The van der Waals surface area contributed by atoms with Gasteiger partial charge in [0.2, 0.25) is 0 Å². The lowest BCUT2D eigenvalue weighted by Gasteiger charge is -2.14. The Kier molecular flexibility index (Phi) is 6.77. The van der Waals surface area contributed by atoms with Crippen molar-refractivity contribution in [2.45, 2.75) is 52.1 Å². The zero-order valence-corrected chi connectivity index (χ0v) is 12.1. The second-order valence-electron chi connectivity index (χ2n) is 4.92. The van der Waals surface area contributed by atoms with Gasteiger partial charge in [-0.3, -0.25) is 0 Å². The van der Waals surface area contributed by atoms with E-state index in [4.69, 9.17) is 9.84 Å². The number of carboxylic acids is 1. The minimum Gasteiger partial charge on any atom is -0.478 e. The van der Waals surface area contributed by atoms with E-state index in [2.05, 4.69) is 6.92 Å². The fourth-order valence-electron chi connectivity index (χ4n) is 2.01. The van der Waals surface area contributed by atoms with Crippen molar-refractivity contribution in [2.24, 2.45) is 0 Å². The Hall–Kier alpha value is -1.84. The number of carboxylic acid groups (broad SMARTS) is 1. The van der Waals surface area contributed by atoms with E-state index >= 15 is 0 Å². The molecule has 0 radical (unpaired) electrons. The summed E-state index contributed by atoms with van der Waals surface area (Å²) >= 11 is 0. The molecule has 0 saturated heterocycles. The summed E-state index contributed by atoms with van der Waals surface area (Å²) in [7, 11) is 0. The zero-order chi connectivity index (χ0) is 15.0.